The minimum absolute atomic E-state index is 0.00465. The van der Waals surface area contributed by atoms with Gasteiger partial charge in [0.05, 0.1) is 11.1 Å². The quantitative estimate of drug-likeness (QED) is 0.371. The number of pyridine rings is 1. The SMILES string of the molecule is CC(C)n1c(=O)c(-c2c(F)cc(NSCc3ccc(F)cc3)cc2F)cc2cnc(N)nc21. The lowest BCUT2D eigenvalue weighted by Crippen LogP contribution is -2.25. The summed E-state index contributed by atoms with van der Waals surface area (Å²) < 4.78 is 47.3. The molecule has 0 radical (unpaired) electrons. The van der Waals surface area contributed by atoms with E-state index >= 15 is 8.78 Å². The average molecular weight is 472 g/mol. The molecule has 4 aromatic rings. The summed E-state index contributed by atoms with van der Waals surface area (Å²) in [6, 6.07) is 9.24. The number of aromatic nitrogens is 3. The van der Waals surface area contributed by atoms with E-state index in [0.717, 1.165) is 17.7 Å². The van der Waals surface area contributed by atoms with Crippen LogP contribution in [0.2, 0.25) is 0 Å². The topological polar surface area (TPSA) is 85.8 Å². The third kappa shape index (κ3) is 4.65. The lowest BCUT2D eigenvalue weighted by Gasteiger charge is -2.16. The predicted molar refractivity (Wildman–Crippen MR) is 125 cm³/mol. The minimum Gasteiger partial charge on any atom is -0.368 e. The van der Waals surface area contributed by atoms with E-state index in [-0.39, 0.29) is 29.1 Å². The number of hydrogen-bond acceptors (Lipinski definition) is 6. The van der Waals surface area contributed by atoms with Crippen molar-refractivity contribution < 1.29 is 13.2 Å². The lowest BCUT2D eigenvalue weighted by atomic mass is 10.0. The molecule has 0 atom stereocenters. The van der Waals surface area contributed by atoms with Gasteiger partial charge >= 0.3 is 0 Å². The maximum atomic E-state index is 15.0. The first-order chi connectivity index (χ1) is 15.7. The number of hydrogen-bond donors (Lipinski definition) is 2. The summed E-state index contributed by atoms with van der Waals surface area (Å²) in [6.07, 6.45) is 1.41. The van der Waals surface area contributed by atoms with Gasteiger partial charge in [-0.05, 0) is 61.7 Å². The number of anilines is 2. The molecule has 33 heavy (non-hydrogen) atoms. The van der Waals surface area contributed by atoms with Crippen molar-refractivity contribution in [2.45, 2.75) is 25.6 Å². The fourth-order valence-corrected chi connectivity index (χ4v) is 4.18. The van der Waals surface area contributed by atoms with Crippen LogP contribution in [0.3, 0.4) is 0 Å². The monoisotopic (exact) mass is 471 g/mol. The molecule has 0 aliphatic carbocycles. The number of benzene rings is 2. The number of nitrogen functional groups attached to an aromatic ring is 1. The first-order valence-corrected chi connectivity index (χ1v) is 11.0. The number of nitrogens with zero attached hydrogens (tertiary/aromatic N) is 3. The summed E-state index contributed by atoms with van der Waals surface area (Å²) in [5, 5.41) is 0.434. The van der Waals surface area contributed by atoms with E-state index in [1.165, 1.54) is 40.9 Å². The van der Waals surface area contributed by atoms with Gasteiger partial charge in [0.25, 0.3) is 5.56 Å². The van der Waals surface area contributed by atoms with Gasteiger partial charge in [-0.1, -0.05) is 12.1 Å². The lowest BCUT2D eigenvalue weighted by molar-refractivity contribution is 0.582. The zero-order valence-corrected chi connectivity index (χ0v) is 18.6. The third-order valence-corrected chi connectivity index (χ3v) is 5.82. The number of fused-ring (bicyclic) bond motifs is 1. The maximum absolute atomic E-state index is 15.0. The Labute approximate surface area is 191 Å². The Bertz CT molecular complexity index is 1370. The van der Waals surface area contributed by atoms with Crippen LogP contribution in [0.1, 0.15) is 25.5 Å². The minimum atomic E-state index is -0.886. The molecule has 2 heterocycles. The molecule has 4 rings (SSSR count). The van der Waals surface area contributed by atoms with Crippen LogP contribution in [0.25, 0.3) is 22.2 Å². The molecule has 170 valence electrons. The number of nitrogens with two attached hydrogens (primary N) is 1. The predicted octanol–water partition coefficient (Wildman–Crippen LogP) is 5.30. The Morgan fingerprint density at radius 1 is 1.09 bits per heavy atom. The normalized spacial score (nSPS) is 11.3. The molecule has 6 nitrogen and oxygen atoms in total. The molecule has 0 spiro atoms. The zero-order chi connectivity index (χ0) is 23.7. The molecule has 0 unspecified atom stereocenters. The molecule has 0 aliphatic heterocycles. The van der Waals surface area contributed by atoms with Gasteiger partial charge in [-0.25, -0.2) is 18.2 Å². The summed E-state index contributed by atoms with van der Waals surface area (Å²) in [7, 11) is 0. The molecule has 0 saturated carbocycles. The van der Waals surface area contributed by atoms with Crippen molar-refractivity contribution in [1.82, 2.24) is 14.5 Å². The number of nitrogens with one attached hydrogen (secondary N) is 1. The highest BCUT2D eigenvalue weighted by Gasteiger charge is 2.21. The molecule has 2 aromatic heterocycles. The molecule has 0 bridgehead atoms. The fourth-order valence-electron chi connectivity index (χ4n) is 3.46. The molecule has 0 amide bonds. The standard InChI is InChI=1S/C23H20F3N5OS/c1-12(2)31-21-14(10-28-23(27)29-21)7-17(22(31)32)20-18(25)8-16(9-19(20)26)30-33-11-13-3-5-15(24)6-4-13/h3-10,12,30H,11H2,1-2H3,(H2,27,28,29). The first-order valence-electron chi connectivity index (χ1n) is 10.0. The highest BCUT2D eigenvalue weighted by Crippen LogP contribution is 2.30. The summed E-state index contributed by atoms with van der Waals surface area (Å²) in [4.78, 5) is 21.2. The molecule has 0 aliphatic rings. The zero-order valence-electron chi connectivity index (χ0n) is 17.8. The van der Waals surface area contributed by atoms with Crippen molar-refractivity contribution in [3.63, 3.8) is 0 Å². The van der Waals surface area contributed by atoms with Crippen molar-refractivity contribution in [1.29, 1.82) is 0 Å². The summed E-state index contributed by atoms with van der Waals surface area (Å²) in [5.41, 5.74) is 5.85. The Balaban J connectivity index is 1.68. The van der Waals surface area contributed by atoms with Crippen molar-refractivity contribution in [3.05, 3.63) is 82.0 Å². The van der Waals surface area contributed by atoms with Crippen molar-refractivity contribution in [3.8, 4) is 11.1 Å². The largest absolute Gasteiger partial charge is 0.368 e. The van der Waals surface area contributed by atoms with Crippen LogP contribution in [0.5, 0.6) is 0 Å². The molecule has 0 saturated heterocycles. The molecular weight excluding hydrogens is 451 g/mol. The van der Waals surface area contributed by atoms with E-state index < -0.39 is 22.8 Å². The fraction of sp³-hybridized carbons (Fsp3) is 0.174. The van der Waals surface area contributed by atoms with Crippen LogP contribution in [-0.4, -0.2) is 14.5 Å². The van der Waals surface area contributed by atoms with Gasteiger partial charge in [-0.2, -0.15) is 4.98 Å². The van der Waals surface area contributed by atoms with Gasteiger partial charge in [0.1, 0.15) is 23.1 Å². The highest BCUT2D eigenvalue weighted by atomic mass is 32.2. The van der Waals surface area contributed by atoms with E-state index in [1.54, 1.807) is 26.0 Å². The van der Waals surface area contributed by atoms with Crippen LogP contribution in [0.15, 0.2) is 53.5 Å². The second-order valence-corrected chi connectivity index (χ2v) is 8.45. The van der Waals surface area contributed by atoms with E-state index in [0.29, 0.717) is 16.8 Å². The van der Waals surface area contributed by atoms with Crippen molar-refractivity contribution >= 4 is 34.6 Å². The molecule has 3 N–H and O–H groups in total. The van der Waals surface area contributed by atoms with Gasteiger partial charge in [-0.3, -0.25) is 9.36 Å². The van der Waals surface area contributed by atoms with Crippen LogP contribution in [0, 0.1) is 17.5 Å². The van der Waals surface area contributed by atoms with Gasteiger partial charge in [0, 0.05) is 29.1 Å². The van der Waals surface area contributed by atoms with Crippen LogP contribution in [-0.2, 0) is 5.75 Å². The third-order valence-electron chi connectivity index (χ3n) is 4.96. The summed E-state index contributed by atoms with van der Waals surface area (Å²) >= 11 is 1.20. The molecular formula is C23H20F3N5OS. The van der Waals surface area contributed by atoms with Crippen LogP contribution < -0.4 is 16.0 Å². The second-order valence-electron chi connectivity index (χ2n) is 7.67. The Morgan fingerprint density at radius 2 is 1.76 bits per heavy atom. The van der Waals surface area contributed by atoms with E-state index in [9.17, 15) is 9.18 Å². The van der Waals surface area contributed by atoms with Crippen LogP contribution >= 0.6 is 11.9 Å². The van der Waals surface area contributed by atoms with Gasteiger partial charge in [-0.15, -0.1) is 0 Å². The molecule has 10 heteroatoms. The number of halogens is 3. The summed E-state index contributed by atoms with van der Waals surface area (Å²) in [6.45, 7) is 3.53. The number of rotatable bonds is 6. The van der Waals surface area contributed by atoms with Gasteiger partial charge in [0.2, 0.25) is 5.95 Å². The van der Waals surface area contributed by atoms with Crippen LogP contribution in [0.4, 0.5) is 24.8 Å². The molecule has 2 aromatic carbocycles. The second kappa shape index (κ2) is 9.14. The van der Waals surface area contributed by atoms with Gasteiger partial charge < -0.3 is 10.5 Å². The Morgan fingerprint density at radius 3 is 2.39 bits per heavy atom. The average Bonchev–Trinajstić information content (AvgIpc) is 2.75. The maximum Gasteiger partial charge on any atom is 0.260 e. The van der Waals surface area contributed by atoms with Crippen molar-refractivity contribution in [2.24, 2.45) is 0 Å². The van der Waals surface area contributed by atoms with E-state index in [1.807, 2.05) is 0 Å². The Hall–Kier alpha value is -3.53. The Kier molecular flexibility index (Phi) is 6.28. The summed E-state index contributed by atoms with van der Waals surface area (Å²) in [5.74, 6) is -1.66. The van der Waals surface area contributed by atoms with E-state index in [2.05, 4.69) is 14.7 Å². The highest BCUT2D eigenvalue weighted by molar-refractivity contribution is 7.99. The first kappa shape index (κ1) is 22.7. The van der Waals surface area contributed by atoms with Crippen molar-refractivity contribution in [2.75, 3.05) is 10.5 Å². The van der Waals surface area contributed by atoms with E-state index in [4.69, 9.17) is 5.73 Å². The van der Waals surface area contributed by atoms with Gasteiger partial charge in [0.15, 0.2) is 0 Å². The molecule has 0 fully saturated rings. The smallest absolute Gasteiger partial charge is 0.260 e.